The quantitative estimate of drug-likeness (QED) is 0.719. The number of carbonyl (C=O) groups is 1. The zero-order chi connectivity index (χ0) is 14.4. The monoisotopic (exact) mass is 278 g/mol. The summed E-state index contributed by atoms with van der Waals surface area (Å²) in [6.07, 6.45) is 0.554. The van der Waals surface area contributed by atoms with Crippen LogP contribution in [0.5, 0.6) is 5.75 Å². The summed E-state index contributed by atoms with van der Waals surface area (Å²) in [6.45, 7) is 5.33. The van der Waals surface area contributed by atoms with Crippen LogP contribution in [0.15, 0.2) is 24.3 Å². The van der Waals surface area contributed by atoms with Crippen molar-refractivity contribution < 1.29 is 19.0 Å². The first kappa shape index (κ1) is 15.0. The summed E-state index contributed by atoms with van der Waals surface area (Å²) in [7, 11) is 0. The molecule has 0 bridgehead atoms. The van der Waals surface area contributed by atoms with Crippen LogP contribution in [0.3, 0.4) is 0 Å². The molecule has 2 rings (SSSR count). The SMILES string of the molecule is CCOC(OCC)C(=O)CC1CCOc2ccccc21. The molecule has 1 aliphatic heterocycles. The summed E-state index contributed by atoms with van der Waals surface area (Å²) in [5, 5.41) is 0. The fourth-order valence-corrected chi connectivity index (χ4v) is 2.50. The molecule has 0 aromatic heterocycles. The highest BCUT2D eigenvalue weighted by atomic mass is 16.7. The van der Waals surface area contributed by atoms with Crippen molar-refractivity contribution in [2.45, 2.75) is 38.9 Å². The zero-order valence-electron chi connectivity index (χ0n) is 12.1. The van der Waals surface area contributed by atoms with E-state index in [0.29, 0.717) is 26.2 Å². The van der Waals surface area contributed by atoms with E-state index in [2.05, 4.69) is 0 Å². The normalized spacial score (nSPS) is 17.6. The summed E-state index contributed by atoms with van der Waals surface area (Å²) in [5.41, 5.74) is 1.11. The minimum atomic E-state index is -0.736. The van der Waals surface area contributed by atoms with E-state index >= 15 is 0 Å². The van der Waals surface area contributed by atoms with Crippen LogP contribution in [0.25, 0.3) is 0 Å². The molecule has 1 heterocycles. The Bertz CT molecular complexity index is 438. The molecule has 4 heteroatoms. The minimum absolute atomic E-state index is 0.00963. The van der Waals surface area contributed by atoms with Crippen LogP contribution in [-0.4, -0.2) is 31.9 Å². The maximum Gasteiger partial charge on any atom is 0.217 e. The Morgan fingerprint density at radius 1 is 1.30 bits per heavy atom. The lowest BCUT2D eigenvalue weighted by molar-refractivity contribution is -0.168. The van der Waals surface area contributed by atoms with Crippen molar-refractivity contribution in [2.24, 2.45) is 0 Å². The maximum absolute atomic E-state index is 12.3. The topological polar surface area (TPSA) is 44.8 Å². The average molecular weight is 278 g/mol. The van der Waals surface area contributed by atoms with Crippen LogP contribution >= 0.6 is 0 Å². The number of ether oxygens (including phenoxy) is 3. The van der Waals surface area contributed by atoms with Gasteiger partial charge in [0.25, 0.3) is 0 Å². The Morgan fingerprint density at radius 3 is 2.70 bits per heavy atom. The highest BCUT2D eigenvalue weighted by molar-refractivity contribution is 5.82. The molecule has 1 aliphatic rings. The molecular formula is C16H22O4. The van der Waals surface area contributed by atoms with Crippen molar-refractivity contribution in [3.63, 3.8) is 0 Å². The highest BCUT2D eigenvalue weighted by Crippen LogP contribution is 2.35. The third-order valence-corrected chi connectivity index (χ3v) is 3.43. The van der Waals surface area contributed by atoms with Gasteiger partial charge in [0.05, 0.1) is 6.61 Å². The van der Waals surface area contributed by atoms with E-state index in [1.165, 1.54) is 0 Å². The van der Waals surface area contributed by atoms with Crippen LogP contribution in [0.4, 0.5) is 0 Å². The molecule has 0 amide bonds. The molecule has 0 aliphatic carbocycles. The molecule has 110 valence electrons. The van der Waals surface area contributed by atoms with Crippen molar-refractivity contribution in [3.05, 3.63) is 29.8 Å². The van der Waals surface area contributed by atoms with Gasteiger partial charge < -0.3 is 14.2 Å². The molecule has 0 saturated carbocycles. The number of carbonyl (C=O) groups excluding carboxylic acids is 1. The Morgan fingerprint density at radius 2 is 2.00 bits per heavy atom. The molecule has 1 atom stereocenters. The Balaban J connectivity index is 2.04. The van der Waals surface area contributed by atoms with E-state index in [1.807, 2.05) is 38.1 Å². The lowest BCUT2D eigenvalue weighted by Gasteiger charge is -2.26. The number of fused-ring (bicyclic) bond motifs is 1. The molecule has 0 saturated heterocycles. The van der Waals surface area contributed by atoms with Gasteiger partial charge in [-0.1, -0.05) is 18.2 Å². The van der Waals surface area contributed by atoms with Crippen molar-refractivity contribution in [3.8, 4) is 5.75 Å². The molecule has 20 heavy (non-hydrogen) atoms. The van der Waals surface area contributed by atoms with Gasteiger partial charge in [-0.05, 0) is 37.8 Å². The number of rotatable bonds is 7. The summed E-state index contributed by atoms with van der Waals surface area (Å²) in [4.78, 5) is 12.3. The molecule has 1 unspecified atom stereocenters. The number of para-hydroxylation sites is 1. The first-order valence-electron chi connectivity index (χ1n) is 7.23. The second-order valence-electron chi connectivity index (χ2n) is 4.78. The lowest BCUT2D eigenvalue weighted by Crippen LogP contribution is -2.30. The molecule has 0 N–H and O–H groups in total. The smallest absolute Gasteiger partial charge is 0.217 e. The third-order valence-electron chi connectivity index (χ3n) is 3.43. The molecule has 1 aromatic carbocycles. The first-order valence-corrected chi connectivity index (χ1v) is 7.23. The van der Waals surface area contributed by atoms with Crippen LogP contribution in [-0.2, 0) is 14.3 Å². The largest absolute Gasteiger partial charge is 0.493 e. The van der Waals surface area contributed by atoms with Crippen LogP contribution < -0.4 is 4.74 Å². The van der Waals surface area contributed by atoms with Gasteiger partial charge in [0.2, 0.25) is 6.29 Å². The molecule has 1 aromatic rings. The minimum Gasteiger partial charge on any atom is -0.493 e. The van der Waals surface area contributed by atoms with Gasteiger partial charge in [-0.25, -0.2) is 0 Å². The average Bonchev–Trinajstić information content (AvgIpc) is 2.47. The molecular weight excluding hydrogens is 256 g/mol. The van der Waals surface area contributed by atoms with Gasteiger partial charge >= 0.3 is 0 Å². The fourth-order valence-electron chi connectivity index (χ4n) is 2.50. The van der Waals surface area contributed by atoms with Crippen molar-refractivity contribution in [1.82, 2.24) is 0 Å². The molecule has 0 radical (unpaired) electrons. The van der Waals surface area contributed by atoms with Gasteiger partial charge in [0.1, 0.15) is 5.75 Å². The zero-order valence-corrected chi connectivity index (χ0v) is 12.1. The summed E-state index contributed by atoms with van der Waals surface area (Å²) < 4.78 is 16.4. The van der Waals surface area contributed by atoms with Gasteiger partial charge in [-0.2, -0.15) is 0 Å². The fraction of sp³-hybridized carbons (Fsp3) is 0.562. The Kier molecular flexibility index (Phi) is 5.56. The maximum atomic E-state index is 12.3. The Hall–Kier alpha value is -1.39. The Labute approximate surface area is 120 Å². The summed E-state index contributed by atoms with van der Waals surface area (Å²) >= 11 is 0. The van der Waals surface area contributed by atoms with Crippen molar-refractivity contribution in [2.75, 3.05) is 19.8 Å². The molecule has 4 nitrogen and oxygen atoms in total. The predicted molar refractivity (Wildman–Crippen MR) is 76.0 cm³/mol. The number of hydrogen-bond donors (Lipinski definition) is 0. The predicted octanol–water partition coefficient (Wildman–Crippen LogP) is 2.91. The first-order chi connectivity index (χ1) is 9.76. The van der Waals surface area contributed by atoms with Gasteiger partial charge in [-0.3, -0.25) is 4.79 Å². The lowest BCUT2D eigenvalue weighted by atomic mass is 9.88. The van der Waals surface area contributed by atoms with E-state index in [9.17, 15) is 4.79 Å². The van der Waals surface area contributed by atoms with Gasteiger partial charge in [0, 0.05) is 19.6 Å². The summed E-state index contributed by atoms with van der Waals surface area (Å²) in [6, 6.07) is 7.91. The second kappa shape index (κ2) is 7.41. The van der Waals surface area contributed by atoms with Crippen LogP contribution in [0.1, 0.15) is 38.2 Å². The number of benzene rings is 1. The highest BCUT2D eigenvalue weighted by Gasteiger charge is 2.27. The van der Waals surface area contributed by atoms with Crippen molar-refractivity contribution in [1.29, 1.82) is 0 Å². The summed E-state index contributed by atoms with van der Waals surface area (Å²) in [5.74, 6) is 1.09. The molecule has 0 fully saturated rings. The second-order valence-corrected chi connectivity index (χ2v) is 4.78. The van der Waals surface area contributed by atoms with E-state index in [4.69, 9.17) is 14.2 Å². The van der Waals surface area contributed by atoms with Crippen molar-refractivity contribution >= 4 is 5.78 Å². The van der Waals surface area contributed by atoms with E-state index < -0.39 is 6.29 Å². The van der Waals surface area contributed by atoms with E-state index in [1.54, 1.807) is 0 Å². The van der Waals surface area contributed by atoms with Gasteiger partial charge in [0.15, 0.2) is 5.78 Å². The number of ketones is 1. The van der Waals surface area contributed by atoms with E-state index in [-0.39, 0.29) is 11.7 Å². The van der Waals surface area contributed by atoms with E-state index in [0.717, 1.165) is 17.7 Å². The third kappa shape index (κ3) is 3.58. The van der Waals surface area contributed by atoms with Crippen LogP contribution in [0.2, 0.25) is 0 Å². The standard InChI is InChI=1S/C16H22O4/c1-3-18-16(19-4-2)14(17)11-12-9-10-20-15-8-6-5-7-13(12)15/h5-8,12,16H,3-4,9-11H2,1-2H3. The molecule has 0 spiro atoms. The van der Waals surface area contributed by atoms with Gasteiger partial charge in [-0.15, -0.1) is 0 Å². The number of hydrogen-bond acceptors (Lipinski definition) is 4. The number of Topliss-reactive ketones (excluding diaryl/α,β-unsaturated/α-hetero) is 1. The van der Waals surface area contributed by atoms with Crippen LogP contribution in [0, 0.1) is 0 Å².